The van der Waals surface area contributed by atoms with Gasteiger partial charge in [-0.1, -0.05) is 31.9 Å². The van der Waals surface area contributed by atoms with Gasteiger partial charge in [0.15, 0.2) is 0 Å². The minimum Gasteiger partial charge on any atom is -0.303 e. The Kier molecular flexibility index (Phi) is 4.06. The average molecular weight is 166 g/mol. The molecule has 0 aromatic heterocycles. The number of allylic oxidation sites excluding steroid dienone is 2. The molecular weight excluding hydrogens is 148 g/mol. The minimum atomic E-state index is 0.354. The van der Waals surface area contributed by atoms with Gasteiger partial charge >= 0.3 is 0 Å². The van der Waals surface area contributed by atoms with Gasteiger partial charge in [-0.2, -0.15) is 0 Å². The number of carbonyl (C=O) groups excluding carboxylic acids is 1. The van der Waals surface area contributed by atoms with Gasteiger partial charge in [-0.05, 0) is 25.2 Å². The van der Waals surface area contributed by atoms with Crippen LogP contribution in [0.4, 0.5) is 0 Å². The highest BCUT2D eigenvalue weighted by atomic mass is 16.1. The summed E-state index contributed by atoms with van der Waals surface area (Å²) in [6.45, 7) is 2.22. The molecule has 0 spiro atoms. The van der Waals surface area contributed by atoms with Crippen molar-refractivity contribution in [2.24, 2.45) is 11.8 Å². The normalized spacial score (nSPS) is 27.8. The van der Waals surface area contributed by atoms with Gasteiger partial charge in [0.05, 0.1) is 0 Å². The van der Waals surface area contributed by atoms with Crippen LogP contribution in [0.5, 0.6) is 0 Å². The molecule has 0 saturated heterocycles. The molecule has 12 heavy (non-hydrogen) atoms. The summed E-state index contributed by atoms with van der Waals surface area (Å²) < 4.78 is 0. The van der Waals surface area contributed by atoms with Gasteiger partial charge in [0.1, 0.15) is 6.29 Å². The molecule has 0 heterocycles. The quantitative estimate of drug-likeness (QED) is 0.337. The van der Waals surface area contributed by atoms with E-state index in [0.717, 1.165) is 12.7 Å². The van der Waals surface area contributed by atoms with Gasteiger partial charge in [0, 0.05) is 5.92 Å². The van der Waals surface area contributed by atoms with Gasteiger partial charge < -0.3 is 4.79 Å². The Morgan fingerprint density at radius 2 is 2.17 bits per heavy atom. The first kappa shape index (κ1) is 9.50. The van der Waals surface area contributed by atoms with Crippen LogP contribution in [0.15, 0.2) is 12.2 Å². The summed E-state index contributed by atoms with van der Waals surface area (Å²) >= 11 is 0. The highest BCUT2D eigenvalue weighted by Gasteiger charge is 2.33. The summed E-state index contributed by atoms with van der Waals surface area (Å²) in [6.07, 6.45) is 11.7. The van der Waals surface area contributed by atoms with Crippen LogP contribution in [-0.4, -0.2) is 6.29 Å². The van der Waals surface area contributed by atoms with E-state index in [-0.39, 0.29) is 0 Å². The van der Waals surface area contributed by atoms with E-state index in [1.165, 1.54) is 25.7 Å². The van der Waals surface area contributed by atoms with Crippen molar-refractivity contribution >= 4 is 6.29 Å². The molecule has 2 unspecified atom stereocenters. The summed E-state index contributed by atoms with van der Waals surface area (Å²) in [7, 11) is 0. The Hall–Kier alpha value is -0.590. The van der Waals surface area contributed by atoms with E-state index in [2.05, 4.69) is 19.1 Å². The maximum absolute atomic E-state index is 10.3. The summed E-state index contributed by atoms with van der Waals surface area (Å²) in [6, 6.07) is 0. The molecule has 0 radical (unpaired) electrons. The van der Waals surface area contributed by atoms with Crippen LogP contribution in [0, 0.1) is 11.8 Å². The number of unbranched alkanes of at least 4 members (excludes halogenated alkanes) is 3. The molecule has 1 nitrogen and oxygen atoms in total. The highest BCUT2D eigenvalue weighted by molar-refractivity contribution is 5.59. The smallest absolute Gasteiger partial charge is 0.123 e. The Bertz CT molecular complexity index is 160. The van der Waals surface area contributed by atoms with E-state index in [4.69, 9.17) is 0 Å². The number of hydrogen-bond donors (Lipinski definition) is 0. The Morgan fingerprint density at radius 1 is 1.33 bits per heavy atom. The predicted octanol–water partition coefficient (Wildman–Crippen LogP) is 2.96. The molecule has 1 rings (SSSR count). The molecular formula is C11H18O. The highest BCUT2D eigenvalue weighted by Crippen LogP contribution is 2.37. The zero-order chi connectivity index (χ0) is 8.81. The van der Waals surface area contributed by atoms with E-state index < -0.39 is 0 Å². The molecule has 1 aliphatic carbocycles. The first-order valence-electron chi connectivity index (χ1n) is 5.00. The van der Waals surface area contributed by atoms with Crippen LogP contribution in [0.1, 0.15) is 39.0 Å². The fourth-order valence-electron chi connectivity index (χ4n) is 1.40. The maximum atomic E-state index is 10.3. The van der Waals surface area contributed by atoms with Crippen molar-refractivity contribution in [3.63, 3.8) is 0 Å². The number of rotatable bonds is 6. The first-order chi connectivity index (χ1) is 5.88. The molecule has 0 aliphatic heterocycles. The van der Waals surface area contributed by atoms with E-state index in [0.29, 0.717) is 11.8 Å². The molecule has 1 aliphatic rings. The van der Waals surface area contributed by atoms with Crippen molar-refractivity contribution < 1.29 is 4.79 Å². The molecule has 0 amide bonds. The van der Waals surface area contributed by atoms with Crippen LogP contribution >= 0.6 is 0 Å². The molecule has 68 valence electrons. The number of carbonyl (C=O) groups is 1. The van der Waals surface area contributed by atoms with Crippen molar-refractivity contribution in [1.29, 1.82) is 0 Å². The SMILES string of the molecule is CCCCC/C=C\C1CC1C=O. The number of aldehydes is 1. The Balaban J connectivity index is 1.96. The van der Waals surface area contributed by atoms with Crippen molar-refractivity contribution in [2.45, 2.75) is 39.0 Å². The standard InChI is InChI=1S/C11H18O/c1-2-3-4-5-6-7-10-8-11(10)9-12/h6-7,9-11H,2-5,8H2,1H3/b7-6-. The lowest BCUT2D eigenvalue weighted by molar-refractivity contribution is -0.109. The monoisotopic (exact) mass is 166 g/mol. The minimum absolute atomic E-state index is 0.354. The molecule has 0 aromatic carbocycles. The molecule has 1 saturated carbocycles. The Morgan fingerprint density at radius 3 is 2.75 bits per heavy atom. The Labute approximate surface area is 74.9 Å². The molecule has 1 fully saturated rings. The van der Waals surface area contributed by atoms with Gasteiger partial charge in [-0.3, -0.25) is 0 Å². The third-order valence-corrected chi connectivity index (χ3v) is 2.42. The van der Waals surface area contributed by atoms with Crippen LogP contribution in [0.2, 0.25) is 0 Å². The van der Waals surface area contributed by atoms with Crippen LogP contribution in [-0.2, 0) is 4.79 Å². The predicted molar refractivity (Wildman–Crippen MR) is 50.9 cm³/mol. The third-order valence-electron chi connectivity index (χ3n) is 2.42. The molecule has 0 bridgehead atoms. The zero-order valence-electron chi connectivity index (χ0n) is 7.83. The molecule has 0 N–H and O–H groups in total. The van der Waals surface area contributed by atoms with E-state index >= 15 is 0 Å². The van der Waals surface area contributed by atoms with Crippen LogP contribution in [0.3, 0.4) is 0 Å². The van der Waals surface area contributed by atoms with Crippen molar-refractivity contribution in [3.05, 3.63) is 12.2 Å². The van der Waals surface area contributed by atoms with E-state index in [1.807, 2.05) is 0 Å². The second-order valence-corrected chi connectivity index (χ2v) is 3.62. The second-order valence-electron chi connectivity index (χ2n) is 3.62. The lowest BCUT2D eigenvalue weighted by Crippen LogP contribution is -1.78. The average Bonchev–Trinajstić information content (AvgIpc) is 2.83. The first-order valence-corrected chi connectivity index (χ1v) is 5.00. The van der Waals surface area contributed by atoms with Crippen molar-refractivity contribution in [2.75, 3.05) is 0 Å². The van der Waals surface area contributed by atoms with Crippen molar-refractivity contribution in [3.8, 4) is 0 Å². The van der Waals surface area contributed by atoms with Gasteiger partial charge in [-0.25, -0.2) is 0 Å². The molecule has 0 aromatic rings. The van der Waals surface area contributed by atoms with Crippen molar-refractivity contribution in [1.82, 2.24) is 0 Å². The molecule has 2 atom stereocenters. The van der Waals surface area contributed by atoms with E-state index in [1.54, 1.807) is 0 Å². The lowest BCUT2D eigenvalue weighted by Gasteiger charge is -1.90. The largest absolute Gasteiger partial charge is 0.303 e. The van der Waals surface area contributed by atoms with Gasteiger partial charge in [0.2, 0.25) is 0 Å². The topological polar surface area (TPSA) is 17.1 Å². The maximum Gasteiger partial charge on any atom is 0.123 e. The second kappa shape index (κ2) is 5.13. The van der Waals surface area contributed by atoms with Gasteiger partial charge in [0.25, 0.3) is 0 Å². The summed E-state index contributed by atoms with van der Waals surface area (Å²) in [5.74, 6) is 0.941. The fourth-order valence-corrected chi connectivity index (χ4v) is 1.40. The summed E-state index contributed by atoms with van der Waals surface area (Å²) in [4.78, 5) is 10.3. The lowest BCUT2D eigenvalue weighted by atomic mass is 10.2. The van der Waals surface area contributed by atoms with Crippen LogP contribution in [0.25, 0.3) is 0 Å². The van der Waals surface area contributed by atoms with E-state index in [9.17, 15) is 4.79 Å². The van der Waals surface area contributed by atoms with Gasteiger partial charge in [-0.15, -0.1) is 0 Å². The number of hydrogen-bond acceptors (Lipinski definition) is 1. The summed E-state index contributed by atoms with van der Waals surface area (Å²) in [5.41, 5.74) is 0. The fraction of sp³-hybridized carbons (Fsp3) is 0.727. The molecule has 1 heteroatoms. The third kappa shape index (κ3) is 3.21. The zero-order valence-corrected chi connectivity index (χ0v) is 7.83. The summed E-state index contributed by atoms with van der Waals surface area (Å²) in [5, 5.41) is 0. The van der Waals surface area contributed by atoms with Crippen LogP contribution < -0.4 is 0 Å².